The fraction of sp³-hybridized carbons (Fsp3) is 0.444. The van der Waals surface area contributed by atoms with Crippen LogP contribution >= 0.6 is 0 Å². The van der Waals surface area contributed by atoms with Gasteiger partial charge in [-0.25, -0.2) is 4.68 Å². The molecule has 0 spiro atoms. The first kappa shape index (κ1) is 18.3. The Morgan fingerprint density at radius 1 is 1.23 bits per heavy atom. The molecule has 0 bridgehead atoms. The molecule has 1 aliphatic rings. The van der Waals surface area contributed by atoms with Gasteiger partial charge in [0.2, 0.25) is 0 Å². The van der Waals surface area contributed by atoms with E-state index < -0.39 is 11.7 Å². The standard InChI is InChI=1S/C18H20F3N3O2/c19-18(20,21)13-5-4-8-15(11-13)26-12-24-10-9-16(23-24)17(25)22-14-6-2-1-3-7-14/h4-5,8-11,14H,1-3,6-7,12H2,(H,22,25). The molecule has 1 N–H and O–H groups in total. The Morgan fingerprint density at radius 2 is 2.00 bits per heavy atom. The Morgan fingerprint density at radius 3 is 2.73 bits per heavy atom. The number of alkyl halides is 3. The Bertz CT molecular complexity index is 752. The number of carbonyl (C=O) groups is 1. The Hall–Kier alpha value is -2.51. The van der Waals surface area contributed by atoms with Crippen molar-refractivity contribution >= 4 is 5.91 Å². The number of hydrogen-bond acceptors (Lipinski definition) is 3. The maximum Gasteiger partial charge on any atom is 0.416 e. The molecule has 1 aliphatic carbocycles. The molecule has 1 fully saturated rings. The Kier molecular flexibility index (Phi) is 5.49. The normalized spacial score (nSPS) is 15.7. The second kappa shape index (κ2) is 7.80. The van der Waals surface area contributed by atoms with E-state index in [-0.39, 0.29) is 30.1 Å². The van der Waals surface area contributed by atoms with Crippen LogP contribution in [0.5, 0.6) is 5.75 Å². The summed E-state index contributed by atoms with van der Waals surface area (Å²) >= 11 is 0. The van der Waals surface area contributed by atoms with Crippen LogP contribution in [0.3, 0.4) is 0 Å². The van der Waals surface area contributed by atoms with Crippen LogP contribution < -0.4 is 10.1 Å². The molecule has 8 heteroatoms. The summed E-state index contributed by atoms with van der Waals surface area (Å²) in [6, 6.07) is 6.38. The van der Waals surface area contributed by atoms with Gasteiger partial charge in [0.25, 0.3) is 5.91 Å². The van der Waals surface area contributed by atoms with E-state index in [1.54, 1.807) is 12.3 Å². The summed E-state index contributed by atoms with van der Waals surface area (Å²) in [6.07, 6.45) is 2.53. The van der Waals surface area contributed by atoms with E-state index in [0.717, 1.165) is 37.8 Å². The summed E-state index contributed by atoms with van der Waals surface area (Å²) < 4.78 is 44.8. The SMILES string of the molecule is O=C(NC1CCCCC1)c1ccn(COc2cccc(C(F)(F)F)c2)n1. The summed E-state index contributed by atoms with van der Waals surface area (Å²) in [7, 11) is 0. The van der Waals surface area contributed by atoms with E-state index in [1.807, 2.05) is 0 Å². The van der Waals surface area contributed by atoms with Crippen LogP contribution in [0, 0.1) is 0 Å². The summed E-state index contributed by atoms with van der Waals surface area (Å²) in [5, 5.41) is 7.09. The van der Waals surface area contributed by atoms with Crippen molar-refractivity contribution in [2.24, 2.45) is 0 Å². The molecule has 1 amide bonds. The lowest BCUT2D eigenvalue weighted by molar-refractivity contribution is -0.137. The van der Waals surface area contributed by atoms with Gasteiger partial charge < -0.3 is 10.1 Å². The molecule has 1 saturated carbocycles. The lowest BCUT2D eigenvalue weighted by Crippen LogP contribution is -2.36. The van der Waals surface area contributed by atoms with Crippen molar-refractivity contribution in [2.75, 3.05) is 0 Å². The highest BCUT2D eigenvalue weighted by Gasteiger charge is 2.30. The highest BCUT2D eigenvalue weighted by Crippen LogP contribution is 2.31. The Labute approximate surface area is 149 Å². The molecular weight excluding hydrogens is 347 g/mol. The first-order valence-corrected chi connectivity index (χ1v) is 8.56. The first-order chi connectivity index (χ1) is 12.4. The van der Waals surface area contributed by atoms with Crippen LogP contribution in [-0.2, 0) is 12.9 Å². The lowest BCUT2D eigenvalue weighted by Gasteiger charge is -2.22. The number of ether oxygens (including phenoxy) is 1. The molecule has 2 aromatic rings. The van der Waals surface area contributed by atoms with E-state index >= 15 is 0 Å². The number of aromatic nitrogens is 2. The molecule has 0 radical (unpaired) electrons. The highest BCUT2D eigenvalue weighted by molar-refractivity contribution is 5.92. The number of rotatable bonds is 5. The van der Waals surface area contributed by atoms with Crippen molar-refractivity contribution in [1.29, 1.82) is 0 Å². The highest BCUT2D eigenvalue weighted by atomic mass is 19.4. The number of amides is 1. The summed E-state index contributed by atoms with van der Waals surface area (Å²) in [6.45, 7) is -0.0853. The molecule has 26 heavy (non-hydrogen) atoms. The van der Waals surface area contributed by atoms with Crippen LogP contribution in [0.2, 0.25) is 0 Å². The van der Waals surface area contributed by atoms with Crippen molar-refractivity contribution in [2.45, 2.75) is 51.1 Å². The van der Waals surface area contributed by atoms with Crippen molar-refractivity contribution in [3.63, 3.8) is 0 Å². The maximum atomic E-state index is 12.7. The third-order valence-corrected chi connectivity index (χ3v) is 4.34. The minimum Gasteiger partial charge on any atom is -0.471 e. The average molecular weight is 367 g/mol. The van der Waals surface area contributed by atoms with Crippen LogP contribution in [0.25, 0.3) is 0 Å². The number of hydrogen-bond donors (Lipinski definition) is 1. The van der Waals surface area contributed by atoms with Gasteiger partial charge >= 0.3 is 6.18 Å². The molecule has 5 nitrogen and oxygen atoms in total. The molecule has 0 unspecified atom stereocenters. The quantitative estimate of drug-likeness (QED) is 0.869. The molecule has 140 valence electrons. The van der Waals surface area contributed by atoms with E-state index in [1.165, 1.54) is 23.2 Å². The van der Waals surface area contributed by atoms with Gasteiger partial charge in [-0.2, -0.15) is 18.3 Å². The van der Waals surface area contributed by atoms with Crippen molar-refractivity contribution < 1.29 is 22.7 Å². The number of nitrogens with zero attached hydrogens (tertiary/aromatic N) is 2. The minimum atomic E-state index is -4.42. The third kappa shape index (κ3) is 4.77. The molecule has 0 saturated heterocycles. The predicted molar refractivity (Wildman–Crippen MR) is 88.6 cm³/mol. The van der Waals surface area contributed by atoms with Gasteiger partial charge in [-0.3, -0.25) is 4.79 Å². The van der Waals surface area contributed by atoms with Gasteiger partial charge in [-0.05, 0) is 37.1 Å². The third-order valence-electron chi connectivity index (χ3n) is 4.34. The van der Waals surface area contributed by atoms with Crippen molar-refractivity contribution in [3.05, 3.63) is 47.8 Å². The maximum absolute atomic E-state index is 12.7. The molecule has 0 atom stereocenters. The van der Waals surface area contributed by atoms with Gasteiger partial charge in [-0.1, -0.05) is 25.3 Å². The average Bonchev–Trinajstić information content (AvgIpc) is 3.10. The number of carbonyl (C=O) groups excluding carboxylic acids is 1. The van der Waals surface area contributed by atoms with Crippen molar-refractivity contribution in [3.8, 4) is 5.75 Å². The summed E-state index contributed by atoms with van der Waals surface area (Å²) in [5.41, 5.74) is -0.508. The van der Waals surface area contributed by atoms with Gasteiger partial charge in [0, 0.05) is 12.2 Å². The van der Waals surface area contributed by atoms with Gasteiger partial charge in [0.05, 0.1) is 5.56 Å². The summed E-state index contributed by atoms with van der Waals surface area (Å²) in [5.74, 6) is -0.154. The van der Waals surface area contributed by atoms with Gasteiger partial charge in [0.1, 0.15) is 11.4 Å². The van der Waals surface area contributed by atoms with E-state index in [0.29, 0.717) is 0 Å². The van der Waals surface area contributed by atoms with Crippen LogP contribution in [0.1, 0.15) is 48.2 Å². The van der Waals surface area contributed by atoms with Crippen molar-refractivity contribution in [1.82, 2.24) is 15.1 Å². The molecular formula is C18H20F3N3O2. The summed E-state index contributed by atoms with van der Waals surface area (Å²) in [4.78, 5) is 12.2. The molecule has 3 rings (SSSR count). The molecule has 1 aromatic heterocycles. The Balaban J connectivity index is 1.56. The number of nitrogens with one attached hydrogen (secondary N) is 1. The fourth-order valence-electron chi connectivity index (χ4n) is 2.96. The lowest BCUT2D eigenvalue weighted by atomic mass is 9.95. The first-order valence-electron chi connectivity index (χ1n) is 8.56. The van der Waals surface area contributed by atoms with Gasteiger partial charge in [0.15, 0.2) is 6.73 Å². The zero-order valence-electron chi connectivity index (χ0n) is 14.1. The smallest absolute Gasteiger partial charge is 0.416 e. The minimum absolute atomic E-state index is 0.0853. The van der Waals surface area contributed by atoms with Crippen LogP contribution in [0.4, 0.5) is 13.2 Å². The predicted octanol–water partition coefficient (Wildman–Crippen LogP) is 4.00. The zero-order chi connectivity index (χ0) is 18.6. The van der Waals surface area contributed by atoms with Crippen LogP contribution in [0.15, 0.2) is 36.5 Å². The number of halogens is 3. The molecule has 0 aliphatic heterocycles. The van der Waals surface area contributed by atoms with Crippen LogP contribution in [-0.4, -0.2) is 21.7 Å². The van der Waals surface area contributed by atoms with Gasteiger partial charge in [-0.15, -0.1) is 0 Å². The van der Waals surface area contributed by atoms with E-state index in [2.05, 4.69) is 10.4 Å². The zero-order valence-corrected chi connectivity index (χ0v) is 14.1. The fourth-order valence-corrected chi connectivity index (χ4v) is 2.96. The van der Waals surface area contributed by atoms with E-state index in [4.69, 9.17) is 4.74 Å². The molecule has 1 aromatic carbocycles. The second-order valence-electron chi connectivity index (χ2n) is 6.35. The number of benzene rings is 1. The monoisotopic (exact) mass is 367 g/mol. The largest absolute Gasteiger partial charge is 0.471 e. The topological polar surface area (TPSA) is 56.2 Å². The molecule has 1 heterocycles. The second-order valence-corrected chi connectivity index (χ2v) is 6.35. The van der Waals surface area contributed by atoms with E-state index in [9.17, 15) is 18.0 Å².